The molecule has 3 aliphatic rings. The molecule has 5 rings (SSSR count). The van der Waals surface area contributed by atoms with Crippen molar-refractivity contribution in [3.8, 4) is 0 Å². The highest BCUT2D eigenvalue weighted by Gasteiger charge is 2.47. The first-order chi connectivity index (χ1) is 17.8. The molecule has 11 heteroatoms. The maximum Gasteiger partial charge on any atom is 0.335 e. The maximum atomic E-state index is 12.1. The van der Waals surface area contributed by atoms with Crippen LogP contribution in [0.5, 0.6) is 0 Å². The van der Waals surface area contributed by atoms with Crippen LogP contribution in [0.4, 0.5) is 0 Å². The number of ether oxygens (including phenoxy) is 3. The highest BCUT2D eigenvalue weighted by Crippen LogP contribution is 2.38. The largest absolute Gasteiger partial charge is 0.478 e. The van der Waals surface area contributed by atoms with Crippen molar-refractivity contribution in [1.29, 1.82) is 0 Å². The quantitative estimate of drug-likeness (QED) is 0.287. The molecule has 1 fully saturated rings. The monoisotopic (exact) mass is 514 g/mol. The number of aliphatic hydroxyl groups excluding tert-OH is 4. The number of carbonyl (C=O) groups is 1. The first-order valence-electron chi connectivity index (χ1n) is 12.1. The van der Waals surface area contributed by atoms with Gasteiger partial charge in [-0.25, -0.2) is 4.79 Å². The van der Waals surface area contributed by atoms with E-state index in [4.69, 9.17) is 19.2 Å². The molecule has 2 aromatic rings. The molecule has 6 N–H and O–H groups in total. The Labute approximate surface area is 212 Å². The fourth-order valence-corrected chi connectivity index (χ4v) is 5.34. The van der Waals surface area contributed by atoms with Crippen molar-refractivity contribution in [1.82, 2.24) is 4.98 Å². The number of fused-ring (bicyclic) bond motifs is 3. The number of aromatic nitrogens is 1. The molecule has 11 nitrogen and oxygen atoms in total. The number of aliphatic hydroxyl groups is 4. The van der Waals surface area contributed by atoms with Gasteiger partial charge in [-0.05, 0) is 24.5 Å². The predicted octanol–water partition coefficient (Wildman–Crippen LogP) is 0.463. The van der Waals surface area contributed by atoms with Gasteiger partial charge >= 0.3 is 5.97 Å². The van der Waals surface area contributed by atoms with Crippen LogP contribution in [0.3, 0.4) is 0 Å². The van der Waals surface area contributed by atoms with Crippen molar-refractivity contribution in [3.05, 3.63) is 60.0 Å². The summed E-state index contributed by atoms with van der Waals surface area (Å²) in [5.41, 5.74) is 3.74. The van der Waals surface area contributed by atoms with Crippen LogP contribution in [-0.2, 0) is 25.4 Å². The van der Waals surface area contributed by atoms with Crippen LogP contribution in [0.25, 0.3) is 10.9 Å². The minimum atomic E-state index is -1.63. The van der Waals surface area contributed by atoms with E-state index in [1.165, 1.54) is 6.08 Å². The molecule has 4 heterocycles. The lowest BCUT2D eigenvalue weighted by Gasteiger charge is -2.43. The fourth-order valence-electron chi connectivity index (χ4n) is 5.34. The molecule has 198 valence electrons. The van der Waals surface area contributed by atoms with Crippen LogP contribution in [0.1, 0.15) is 17.7 Å². The Morgan fingerprint density at radius 3 is 2.70 bits per heavy atom. The Morgan fingerprint density at radius 1 is 1.19 bits per heavy atom. The number of aliphatic imine (C=N–C) groups is 1. The number of hydrogen-bond donors (Lipinski definition) is 6. The number of para-hydroxylation sites is 1. The van der Waals surface area contributed by atoms with Crippen LogP contribution >= 0.6 is 0 Å². The van der Waals surface area contributed by atoms with Gasteiger partial charge in [-0.2, -0.15) is 0 Å². The Kier molecular flexibility index (Phi) is 7.17. The van der Waals surface area contributed by atoms with Gasteiger partial charge in [-0.15, -0.1) is 6.58 Å². The van der Waals surface area contributed by atoms with Gasteiger partial charge in [0.25, 0.3) is 0 Å². The third-order valence-corrected chi connectivity index (χ3v) is 7.32. The highest BCUT2D eigenvalue weighted by atomic mass is 16.8. The fraction of sp³-hybridized carbons (Fsp3) is 0.462. The van der Waals surface area contributed by atoms with Crippen molar-refractivity contribution in [2.45, 2.75) is 49.8 Å². The lowest BCUT2D eigenvalue weighted by Crippen LogP contribution is -2.60. The molecule has 1 aromatic heterocycles. The molecule has 8 atom stereocenters. The van der Waals surface area contributed by atoms with Gasteiger partial charge < -0.3 is 44.7 Å². The number of benzene rings is 1. The summed E-state index contributed by atoms with van der Waals surface area (Å²) in [4.78, 5) is 20.3. The second-order valence-corrected chi connectivity index (χ2v) is 9.44. The topological polar surface area (TPSA) is 174 Å². The predicted molar refractivity (Wildman–Crippen MR) is 131 cm³/mol. The normalized spacial score (nSPS) is 33.7. The molecule has 0 unspecified atom stereocenters. The number of aliphatic carboxylic acids is 1. The van der Waals surface area contributed by atoms with Gasteiger partial charge in [-0.3, -0.25) is 4.99 Å². The maximum absolute atomic E-state index is 12.1. The Hall–Kier alpha value is -3.06. The SMILES string of the molecule is C=C[C@@H]1[C@@H](O[C@@H]2O[C@H](CO)[C@H](O)[C@H](O)[C@@H]2O)OC=C(C(=O)O)[C@H]1CC1=NCCc2c1[nH]c1ccccc21. The summed E-state index contributed by atoms with van der Waals surface area (Å²) in [6.45, 7) is 3.82. The molecular weight excluding hydrogens is 484 g/mol. The standard InChI is InChI=1S/C26H30N2O9/c1-2-12-15(9-18-20-14(7-8-27-18)13-5-3-4-6-17(13)28-20)16(24(33)34)11-35-25(12)37-26-23(32)22(31)21(30)19(10-29)36-26/h2-6,11-12,15,19,21-23,25-26,28-32H,1,7-10H2,(H,33,34)/t12-,15-,19+,21-,22-,23-,25+,26-/m0/s1. The van der Waals surface area contributed by atoms with Gasteiger partial charge in [0.15, 0.2) is 6.29 Å². The molecule has 0 radical (unpaired) electrons. The second kappa shape index (κ2) is 10.4. The van der Waals surface area contributed by atoms with E-state index in [9.17, 15) is 30.3 Å². The zero-order valence-corrected chi connectivity index (χ0v) is 19.9. The van der Waals surface area contributed by atoms with E-state index in [0.717, 1.165) is 40.6 Å². The number of carboxylic acids is 1. The van der Waals surface area contributed by atoms with E-state index in [-0.39, 0.29) is 12.0 Å². The third kappa shape index (κ3) is 4.58. The zero-order valence-electron chi connectivity index (χ0n) is 19.9. The van der Waals surface area contributed by atoms with Crippen molar-refractivity contribution in [3.63, 3.8) is 0 Å². The average molecular weight is 515 g/mol. The van der Waals surface area contributed by atoms with Gasteiger partial charge in [0, 0.05) is 29.3 Å². The lowest BCUT2D eigenvalue weighted by molar-refractivity contribution is -0.339. The number of nitrogens with zero attached hydrogens (tertiary/aromatic N) is 1. The molecule has 0 amide bonds. The molecule has 3 aliphatic heterocycles. The molecule has 0 spiro atoms. The van der Waals surface area contributed by atoms with Crippen LogP contribution in [0.15, 0.2) is 53.7 Å². The number of rotatable bonds is 7. The summed E-state index contributed by atoms with van der Waals surface area (Å²) in [7, 11) is 0. The summed E-state index contributed by atoms with van der Waals surface area (Å²) >= 11 is 0. The van der Waals surface area contributed by atoms with Crippen molar-refractivity contribution < 1.29 is 44.5 Å². The van der Waals surface area contributed by atoms with E-state index in [2.05, 4.69) is 11.6 Å². The van der Waals surface area contributed by atoms with Gasteiger partial charge in [0.1, 0.15) is 24.4 Å². The second-order valence-electron chi connectivity index (χ2n) is 9.44. The molecular formula is C26H30N2O9. The molecule has 0 aliphatic carbocycles. The Balaban J connectivity index is 1.42. The molecule has 0 bridgehead atoms. The van der Waals surface area contributed by atoms with Crippen LogP contribution in [0, 0.1) is 11.8 Å². The number of aromatic amines is 1. The molecule has 1 aromatic carbocycles. The smallest absolute Gasteiger partial charge is 0.335 e. The summed E-state index contributed by atoms with van der Waals surface area (Å²) in [6, 6.07) is 7.95. The van der Waals surface area contributed by atoms with E-state index < -0.39 is 61.4 Å². The van der Waals surface area contributed by atoms with E-state index in [1.807, 2.05) is 24.3 Å². The summed E-state index contributed by atoms with van der Waals surface area (Å²) in [5, 5.41) is 51.1. The molecule has 1 saturated heterocycles. The van der Waals surface area contributed by atoms with Gasteiger partial charge in [0.2, 0.25) is 6.29 Å². The first-order valence-corrected chi connectivity index (χ1v) is 12.1. The van der Waals surface area contributed by atoms with Gasteiger partial charge in [-0.1, -0.05) is 24.3 Å². The van der Waals surface area contributed by atoms with E-state index in [0.29, 0.717) is 6.54 Å². The minimum absolute atomic E-state index is 0.0180. The minimum Gasteiger partial charge on any atom is -0.478 e. The van der Waals surface area contributed by atoms with Crippen LogP contribution in [-0.4, -0.2) is 92.3 Å². The van der Waals surface area contributed by atoms with E-state index in [1.54, 1.807) is 0 Å². The Bertz CT molecular complexity index is 1240. The number of carboxylic acid groups (broad SMARTS) is 1. The van der Waals surface area contributed by atoms with Crippen molar-refractivity contribution >= 4 is 22.6 Å². The third-order valence-electron chi connectivity index (χ3n) is 7.32. The van der Waals surface area contributed by atoms with Crippen LogP contribution < -0.4 is 0 Å². The van der Waals surface area contributed by atoms with Crippen molar-refractivity contribution in [2.75, 3.05) is 13.2 Å². The zero-order chi connectivity index (χ0) is 26.3. The number of H-pyrrole nitrogens is 1. The number of hydrogen-bond acceptors (Lipinski definition) is 9. The summed E-state index contributed by atoms with van der Waals surface area (Å²) < 4.78 is 16.9. The summed E-state index contributed by atoms with van der Waals surface area (Å²) in [5.74, 6) is -2.49. The lowest BCUT2D eigenvalue weighted by atomic mass is 9.79. The Morgan fingerprint density at radius 2 is 1.97 bits per heavy atom. The van der Waals surface area contributed by atoms with Gasteiger partial charge in [0.05, 0.1) is 29.8 Å². The van der Waals surface area contributed by atoms with E-state index >= 15 is 0 Å². The van der Waals surface area contributed by atoms with Crippen molar-refractivity contribution in [2.24, 2.45) is 16.8 Å². The molecule has 0 saturated carbocycles. The highest BCUT2D eigenvalue weighted by molar-refractivity contribution is 6.07. The molecule has 37 heavy (non-hydrogen) atoms. The average Bonchev–Trinajstić information content (AvgIpc) is 3.28. The summed E-state index contributed by atoms with van der Waals surface area (Å²) in [6.07, 6.45) is -4.88. The first kappa shape index (κ1) is 25.6. The number of nitrogens with one attached hydrogen (secondary N) is 1. The van der Waals surface area contributed by atoms with Crippen LogP contribution in [0.2, 0.25) is 0 Å².